The quantitative estimate of drug-likeness (QED) is 0.737. The summed E-state index contributed by atoms with van der Waals surface area (Å²) in [5, 5.41) is 13.3. The van der Waals surface area contributed by atoms with Gasteiger partial charge in [0, 0.05) is 6.54 Å². The first-order valence-electron chi connectivity index (χ1n) is 5.00. The van der Waals surface area contributed by atoms with Crippen LogP contribution in [0.1, 0.15) is 12.5 Å². The second-order valence-electron chi connectivity index (χ2n) is 3.51. The lowest BCUT2D eigenvalue weighted by atomic mass is 10.2. The molecule has 0 radical (unpaired) electrons. The molecule has 1 aromatic carbocycles. The van der Waals surface area contributed by atoms with Gasteiger partial charge < -0.3 is 15.7 Å². The molecule has 0 saturated heterocycles. The fraction of sp³-hybridized carbons (Fsp3) is 0.273. The number of hydrogen-bond acceptors (Lipinski definition) is 2. The van der Waals surface area contributed by atoms with Crippen LogP contribution in [0.5, 0.6) is 0 Å². The molecule has 1 atom stereocenters. The van der Waals surface area contributed by atoms with Crippen LogP contribution in [0, 0.1) is 5.82 Å². The molecule has 1 aromatic rings. The molecule has 6 heteroatoms. The van der Waals surface area contributed by atoms with E-state index in [0.717, 1.165) is 5.56 Å². The average Bonchev–Trinajstić information content (AvgIpc) is 2.28. The molecular formula is C11H13FN2O3. The van der Waals surface area contributed by atoms with Gasteiger partial charge in [0.2, 0.25) is 0 Å². The fourth-order valence-electron chi connectivity index (χ4n) is 1.09. The summed E-state index contributed by atoms with van der Waals surface area (Å²) in [6.45, 7) is 1.57. The summed E-state index contributed by atoms with van der Waals surface area (Å²) in [7, 11) is 0. The SMILES string of the molecule is C[C@H](NC(=O)NCc1ccc(F)cc1)C(=O)O. The van der Waals surface area contributed by atoms with Gasteiger partial charge in [0.15, 0.2) is 0 Å². The molecule has 0 aliphatic carbocycles. The van der Waals surface area contributed by atoms with Crippen LogP contribution >= 0.6 is 0 Å². The van der Waals surface area contributed by atoms with Crippen molar-refractivity contribution in [2.24, 2.45) is 0 Å². The zero-order valence-electron chi connectivity index (χ0n) is 9.24. The van der Waals surface area contributed by atoms with Gasteiger partial charge in [0.25, 0.3) is 0 Å². The van der Waals surface area contributed by atoms with Gasteiger partial charge in [-0.15, -0.1) is 0 Å². The van der Waals surface area contributed by atoms with Crippen molar-refractivity contribution in [1.82, 2.24) is 10.6 Å². The number of carboxylic acid groups (broad SMARTS) is 1. The minimum Gasteiger partial charge on any atom is -0.480 e. The van der Waals surface area contributed by atoms with Crippen molar-refractivity contribution in [3.63, 3.8) is 0 Å². The number of carbonyl (C=O) groups excluding carboxylic acids is 1. The van der Waals surface area contributed by atoms with E-state index in [2.05, 4.69) is 10.6 Å². The van der Waals surface area contributed by atoms with Gasteiger partial charge in [-0.25, -0.2) is 9.18 Å². The predicted molar refractivity (Wildman–Crippen MR) is 58.9 cm³/mol. The van der Waals surface area contributed by atoms with Crippen LogP contribution < -0.4 is 10.6 Å². The maximum Gasteiger partial charge on any atom is 0.325 e. The summed E-state index contributed by atoms with van der Waals surface area (Å²) >= 11 is 0. The molecular weight excluding hydrogens is 227 g/mol. The molecule has 0 bridgehead atoms. The second-order valence-corrected chi connectivity index (χ2v) is 3.51. The Balaban J connectivity index is 2.38. The van der Waals surface area contributed by atoms with Crippen LogP contribution in [0.4, 0.5) is 9.18 Å². The van der Waals surface area contributed by atoms with Gasteiger partial charge in [0.1, 0.15) is 11.9 Å². The third-order valence-corrected chi connectivity index (χ3v) is 2.08. The van der Waals surface area contributed by atoms with Crippen molar-refractivity contribution < 1.29 is 19.1 Å². The van der Waals surface area contributed by atoms with E-state index >= 15 is 0 Å². The highest BCUT2D eigenvalue weighted by molar-refractivity contribution is 5.82. The molecule has 5 nitrogen and oxygen atoms in total. The summed E-state index contributed by atoms with van der Waals surface area (Å²) in [5.41, 5.74) is 0.726. The van der Waals surface area contributed by atoms with Crippen LogP contribution in [0.15, 0.2) is 24.3 Å². The van der Waals surface area contributed by atoms with Crippen LogP contribution in [0.25, 0.3) is 0 Å². The van der Waals surface area contributed by atoms with Crippen molar-refractivity contribution in [2.75, 3.05) is 0 Å². The number of hydrogen-bond donors (Lipinski definition) is 3. The first kappa shape index (κ1) is 13.0. The highest BCUT2D eigenvalue weighted by Gasteiger charge is 2.12. The molecule has 92 valence electrons. The Morgan fingerprint density at radius 2 is 1.94 bits per heavy atom. The molecule has 0 spiro atoms. The number of rotatable bonds is 4. The number of carbonyl (C=O) groups is 2. The van der Waals surface area contributed by atoms with E-state index in [4.69, 9.17) is 5.11 Å². The fourth-order valence-corrected chi connectivity index (χ4v) is 1.09. The van der Waals surface area contributed by atoms with Crippen LogP contribution in [0.2, 0.25) is 0 Å². The minimum absolute atomic E-state index is 0.207. The predicted octanol–water partition coefficient (Wildman–Crippen LogP) is 1.10. The second kappa shape index (κ2) is 5.83. The molecule has 0 aliphatic heterocycles. The summed E-state index contributed by atoms with van der Waals surface area (Å²) in [6.07, 6.45) is 0. The molecule has 0 fully saturated rings. The molecule has 0 aromatic heterocycles. The topological polar surface area (TPSA) is 78.4 Å². The maximum atomic E-state index is 12.6. The Hall–Kier alpha value is -2.11. The lowest BCUT2D eigenvalue weighted by Gasteiger charge is -2.10. The van der Waals surface area contributed by atoms with E-state index in [1.165, 1.54) is 31.2 Å². The standard InChI is InChI=1S/C11H13FN2O3/c1-7(10(15)16)14-11(17)13-6-8-2-4-9(12)5-3-8/h2-5,7H,6H2,1H3,(H,15,16)(H2,13,14,17)/t7-/m0/s1. The molecule has 0 aliphatic rings. The molecule has 3 N–H and O–H groups in total. The number of nitrogens with one attached hydrogen (secondary N) is 2. The molecule has 17 heavy (non-hydrogen) atoms. The van der Waals surface area contributed by atoms with Gasteiger partial charge in [-0.05, 0) is 24.6 Å². The van der Waals surface area contributed by atoms with Gasteiger partial charge >= 0.3 is 12.0 Å². The number of carboxylic acids is 1. The molecule has 0 unspecified atom stereocenters. The van der Waals surface area contributed by atoms with Crippen molar-refractivity contribution in [1.29, 1.82) is 0 Å². The Labute approximate surface area is 97.6 Å². The smallest absolute Gasteiger partial charge is 0.325 e. The highest BCUT2D eigenvalue weighted by atomic mass is 19.1. The number of amides is 2. The Morgan fingerprint density at radius 1 is 1.35 bits per heavy atom. The third kappa shape index (κ3) is 4.50. The summed E-state index contributed by atoms with van der Waals surface area (Å²) in [6, 6.07) is 4.11. The molecule has 1 rings (SSSR count). The van der Waals surface area contributed by atoms with E-state index in [0.29, 0.717) is 0 Å². The Morgan fingerprint density at radius 3 is 2.47 bits per heavy atom. The van der Waals surface area contributed by atoms with Crippen molar-refractivity contribution in [3.8, 4) is 0 Å². The van der Waals surface area contributed by atoms with Gasteiger partial charge in [-0.3, -0.25) is 4.79 Å². The molecule has 0 heterocycles. The first-order chi connectivity index (χ1) is 7.99. The number of benzene rings is 1. The van der Waals surface area contributed by atoms with Gasteiger partial charge in [-0.2, -0.15) is 0 Å². The van der Waals surface area contributed by atoms with E-state index in [9.17, 15) is 14.0 Å². The third-order valence-electron chi connectivity index (χ3n) is 2.08. The maximum absolute atomic E-state index is 12.6. The van der Waals surface area contributed by atoms with Crippen molar-refractivity contribution >= 4 is 12.0 Å². The van der Waals surface area contributed by atoms with E-state index < -0.39 is 18.0 Å². The highest BCUT2D eigenvalue weighted by Crippen LogP contribution is 2.01. The largest absolute Gasteiger partial charge is 0.480 e. The van der Waals surface area contributed by atoms with Gasteiger partial charge in [0.05, 0.1) is 0 Å². The lowest BCUT2D eigenvalue weighted by molar-refractivity contribution is -0.138. The van der Waals surface area contributed by atoms with Crippen LogP contribution in [-0.4, -0.2) is 23.1 Å². The van der Waals surface area contributed by atoms with Crippen molar-refractivity contribution in [3.05, 3.63) is 35.6 Å². The van der Waals surface area contributed by atoms with E-state index in [1.54, 1.807) is 0 Å². The van der Waals surface area contributed by atoms with Crippen LogP contribution in [-0.2, 0) is 11.3 Å². The van der Waals surface area contributed by atoms with E-state index in [-0.39, 0.29) is 12.4 Å². The summed E-state index contributed by atoms with van der Waals surface area (Å²) < 4.78 is 12.6. The zero-order chi connectivity index (χ0) is 12.8. The van der Waals surface area contributed by atoms with Crippen LogP contribution in [0.3, 0.4) is 0 Å². The summed E-state index contributed by atoms with van der Waals surface area (Å²) in [5.74, 6) is -1.46. The monoisotopic (exact) mass is 240 g/mol. The average molecular weight is 240 g/mol. The number of halogens is 1. The first-order valence-corrected chi connectivity index (χ1v) is 5.00. The zero-order valence-corrected chi connectivity index (χ0v) is 9.24. The number of urea groups is 1. The van der Waals surface area contributed by atoms with Gasteiger partial charge in [-0.1, -0.05) is 12.1 Å². The Bertz CT molecular complexity index is 406. The van der Waals surface area contributed by atoms with Crippen molar-refractivity contribution in [2.45, 2.75) is 19.5 Å². The molecule has 0 saturated carbocycles. The van der Waals surface area contributed by atoms with E-state index in [1.807, 2.05) is 0 Å². The number of aliphatic carboxylic acids is 1. The lowest BCUT2D eigenvalue weighted by Crippen LogP contribution is -2.44. The molecule has 2 amide bonds. The minimum atomic E-state index is -1.11. The summed E-state index contributed by atoms with van der Waals surface area (Å²) in [4.78, 5) is 21.7. The normalized spacial score (nSPS) is 11.6. The Kier molecular flexibility index (Phi) is 4.45.